The number of rotatable bonds is 6. The predicted octanol–water partition coefficient (Wildman–Crippen LogP) is 1.49. The predicted molar refractivity (Wildman–Crippen MR) is 70.9 cm³/mol. The van der Waals surface area contributed by atoms with Gasteiger partial charge >= 0.3 is 0 Å². The topological polar surface area (TPSA) is 58.6 Å². The van der Waals surface area contributed by atoms with Crippen LogP contribution in [0.5, 0.6) is 5.75 Å². The molecule has 1 amide bonds. The SMILES string of the molecule is Cc1ccc(C)c(OCCC(=O)NCCO)c1C. The van der Waals surface area contributed by atoms with Crippen LogP contribution in [0.4, 0.5) is 0 Å². The van der Waals surface area contributed by atoms with Crippen molar-refractivity contribution in [2.75, 3.05) is 19.8 Å². The van der Waals surface area contributed by atoms with Gasteiger partial charge in [0.15, 0.2) is 0 Å². The number of ether oxygens (including phenoxy) is 1. The smallest absolute Gasteiger partial charge is 0.223 e. The van der Waals surface area contributed by atoms with Gasteiger partial charge in [-0.3, -0.25) is 4.79 Å². The Balaban J connectivity index is 2.49. The normalized spacial score (nSPS) is 10.2. The van der Waals surface area contributed by atoms with Crippen LogP contribution in [0.15, 0.2) is 12.1 Å². The summed E-state index contributed by atoms with van der Waals surface area (Å²) < 4.78 is 5.68. The Bertz CT molecular complexity index is 416. The second kappa shape index (κ2) is 7.01. The second-order valence-electron chi connectivity index (χ2n) is 4.33. The van der Waals surface area contributed by atoms with E-state index in [1.807, 2.05) is 26.8 Å². The molecule has 0 aliphatic carbocycles. The van der Waals surface area contributed by atoms with Crippen molar-refractivity contribution in [3.05, 3.63) is 28.8 Å². The third-order valence-corrected chi connectivity index (χ3v) is 2.88. The van der Waals surface area contributed by atoms with E-state index in [1.54, 1.807) is 0 Å². The van der Waals surface area contributed by atoms with E-state index < -0.39 is 0 Å². The number of benzene rings is 1. The van der Waals surface area contributed by atoms with Gasteiger partial charge in [-0.1, -0.05) is 12.1 Å². The van der Waals surface area contributed by atoms with Crippen molar-refractivity contribution < 1.29 is 14.6 Å². The van der Waals surface area contributed by atoms with Crippen LogP contribution >= 0.6 is 0 Å². The monoisotopic (exact) mass is 251 g/mol. The van der Waals surface area contributed by atoms with E-state index in [0.717, 1.165) is 16.9 Å². The summed E-state index contributed by atoms with van der Waals surface area (Å²) in [6.07, 6.45) is 0.298. The third-order valence-electron chi connectivity index (χ3n) is 2.88. The maximum atomic E-state index is 11.3. The molecular formula is C14H21NO3. The first-order valence-corrected chi connectivity index (χ1v) is 6.13. The van der Waals surface area contributed by atoms with Gasteiger partial charge < -0.3 is 15.2 Å². The molecule has 0 aliphatic rings. The zero-order valence-electron chi connectivity index (χ0n) is 11.2. The minimum absolute atomic E-state index is 0.0390. The Morgan fingerprint density at radius 2 is 1.94 bits per heavy atom. The first kappa shape index (κ1) is 14.5. The molecule has 0 heterocycles. The number of aryl methyl sites for hydroxylation is 2. The number of hydrogen-bond acceptors (Lipinski definition) is 3. The number of aliphatic hydroxyl groups is 1. The number of amides is 1. The first-order chi connectivity index (χ1) is 8.56. The maximum absolute atomic E-state index is 11.3. The van der Waals surface area contributed by atoms with Gasteiger partial charge in [0.1, 0.15) is 5.75 Å². The van der Waals surface area contributed by atoms with E-state index in [9.17, 15) is 4.79 Å². The summed E-state index contributed by atoms with van der Waals surface area (Å²) in [5, 5.41) is 11.2. The van der Waals surface area contributed by atoms with Crippen LogP contribution in [0.2, 0.25) is 0 Å². The van der Waals surface area contributed by atoms with Crippen molar-refractivity contribution in [1.82, 2.24) is 5.32 Å². The quantitative estimate of drug-likeness (QED) is 0.805. The van der Waals surface area contributed by atoms with Crippen LogP contribution < -0.4 is 10.1 Å². The Morgan fingerprint density at radius 3 is 2.61 bits per heavy atom. The van der Waals surface area contributed by atoms with Crippen LogP contribution in [0.3, 0.4) is 0 Å². The molecule has 1 rings (SSSR count). The number of aliphatic hydroxyl groups excluding tert-OH is 1. The highest BCUT2D eigenvalue weighted by Gasteiger charge is 2.07. The first-order valence-electron chi connectivity index (χ1n) is 6.13. The molecule has 0 saturated carbocycles. The van der Waals surface area contributed by atoms with Crippen LogP contribution in [-0.2, 0) is 4.79 Å². The van der Waals surface area contributed by atoms with Gasteiger partial charge in [-0.05, 0) is 37.5 Å². The molecule has 0 spiro atoms. The van der Waals surface area contributed by atoms with Crippen molar-refractivity contribution in [1.29, 1.82) is 0 Å². The van der Waals surface area contributed by atoms with E-state index >= 15 is 0 Å². The fourth-order valence-corrected chi connectivity index (χ4v) is 1.68. The van der Waals surface area contributed by atoms with E-state index in [1.165, 1.54) is 5.56 Å². The van der Waals surface area contributed by atoms with Gasteiger partial charge in [-0.25, -0.2) is 0 Å². The summed E-state index contributed by atoms with van der Waals surface area (Å²) in [5.41, 5.74) is 3.37. The number of hydrogen-bond donors (Lipinski definition) is 2. The van der Waals surface area contributed by atoms with E-state index in [0.29, 0.717) is 19.6 Å². The highest BCUT2D eigenvalue weighted by Crippen LogP contribution is 2.25. The molecule has 1 aromatic carbocycles. The molecular weight excluding hydrogens is 230 g/mol. The summed E-state index contributed by atoms with van der Waals surface area (Å²) in [7, 11) is 0. The summed E-state index contributed by atoms with van der Waals surface area (Å²) in [5.74, 6) is 0.761. The molecule has 0 unspecified atom stereocenters. The Kier molecular flexibility index (Phi) is 5.65. The summed E-state index contributed by atoms with van der Waals surface area (Å²) in [4.78, 5) is 11.3. The van der Waals surface area contributed by atoms with E-state index in [4.69, 9.17) is 9.84 Å². The van der Waals surface area contributed by atoms with Crippen molar-refractivity contribution in [2.24, 2.45) is 0 Å². The molecule has 0 fully saturated rings. The minimum Gasteiger partial charge on any atom is -0.492 e. The number of carbonyl (C=O) groups excluding carboxylic acids is 1. The lowest BCUT2D eigenvalue weighted by Gasteiger charge is -2.13. The van der Waals surface area contributed by atoms with Crippen molar-refractivity contribution in [3.63, 3.8) is 0 Å². The van der Waals surface area contributed by atoms with Crippen molar-refractivity contribution in [2.45, 2.75) is 27.2 Å². The van der Waals surface area contributed by atoms with Crippen molar-refractivity contribution in [3.8, 4) is 5.75 Å². The zero-order valence-corrected chi connectivity index (χ0v) is 11.2. The molecule has 18 heavy (non-hydrogen) atoms. The lowest BCUT2D eigenvalue weighted by atomic mass is 10.1. The molecule has 100 valence electrons. The molecule has 0 aliphatic heterocycles. The fourth-order valence-electron chi connectivity index (χ4n) is 1.68. The molecule has 0 radical (unpaired) electrons. The molecule has 0 atom stereocenters. The van der Waals surface area contributed by atoms with Gasteiger partial charge in [0, 0.05) is 6.54 Å². The molecule has 0 saturated heterocycles. The van der Waals surface area contributed by atoms with Gasteiger partial charge in [-0.2, -0.15) is 0 Å². The Morgan fingerprint density at radius 1 is 1.28 bits per heavy atom. The third kappa shape index (κ3) is 4.04. The number of nitrogens with one attached hydrogen (secondary N) is 1. The van der Waals surface area contributed by atoms with Crippen LogP contribution in [0, 0.1) is 20.8 Å². The molecule has 4 nitrogen and oxygen atoms in total. The molecule has 0 bridgehead atoms. The van der Waals surface area contributed by atoms with Crippen LogP contribution in [0.25, 0.3) is 0 Å². The van der Waals surface area contributed by atoms with E-state index in [2.05, 4.69) is 11.4 Å². The molecule has 4 heteroatoms. The summed E-state index contributed by atoms with van der Waals surface area (Å²) in [6.45, 7) is 6.65. The zero-order chi connectivity index (χ0) is 13.5. The second-order valence-corrected chi connectivity index (χ2v) is 4.33. The van der Waals surface area contributed by atoms with Gasteiger partial charge in [0.05, 0.1) is 19.6 Å². The Labute approximate surface area is 108 Å². The van der Waals surface area contributed by atoms with Gasteiger partial charge in [0.25, 0.3) is 0 Å². The molecule has 1 aromatic rings. The molecule has 2 N–H and O–H groups in total. The molecule has 0 aromatic heterocycles. The van der Waals surface area contributed by atoms with Gasteiger partial charge in [0.2, 0.25) is 5.91 Å². The van der Waals surface area contributed by atoms with Gasteiger partial charge in [-0.15, -0.1) is 0 Å². The lowest BCUT2D eigenvalue weighted by molar-refractivity contribution is -0.121. The van der Waals surface area contributed by atoms with Crippen LogP contribution in [-0.4, -0.2) is 30.8 Å². The largest absolute Gasteiger partial charge is 0.492 e. The van der Waals surface area contributed by atoms with E-state index in [-0.39, 0.29) is 12.5 Å². The van der Waals surface area contributed by atoms with Crippen LogP contribution in [0.1, 0.15) is 23.1 Å². The summed E-state index contributed by atoms with van der Waals surface area (Å²) >= 11 is 0. The highest BCUT2D eigenvalue weighted by atomic mass is 16.5. The minimum atomic E-state index is -0.105. The lowest BCUT2D eigenvalue weighted by Crippen LogP contribution is -2.27. The fraction of sp³-hybridized carbons (Fsp3) is 0.500. The summed E-state index contributed by atoms with van der Waals surface area (Å²) in [6, 6.07) is 4.08. The maximum Gasteiger partial charge on any atom is 0.223 e. The Hall–Kier alpha value is -1.55. The average Bonchev–Trinajstić information content (AvgIpc) is 2.35. The standard InChI is InChI=1S/C14H21NO3/c1-10-4-5-11(2)14(12(10)3)18-9-6-13(17)15-7-8-16/h4-5,16H,6-9H2,1-3H3,(H,15,17). The number of carbonyl (C=O) groups is 1. The average molecular weight is 251 g/mol. The highest BCUT2D eigenvalue weighted by molar-refractivity contribution is 5.75. The van der Waals surface area contributed by atoms with Crippen molar-refractivity contribution >= 4 is 5.91 Å².